The van der Waals surface area contributed by atoms with Crippen LogP contribution in [0.5, 0.6) is 0 Å². The van der Waals surface area contributed by atoms with Gasteiger partial charge in [-0.1, -0.05) is 103 Å². The smallest absolute Gasteiger partial charge is 0.136 e. The van der Waals surface area contributed by atoms with Gasteiger partial charge < -0.3 is 4.42 Å². The predicted molar refractivity (Wildman–Crippen MR) is 246 cm³/mol. The quantitative estimate of drug-likeness (QED) is 0.164. The first-order valence-electron chi connectivity index (χ1n) is 20.2. The highest BCUT2D eigenvalue weighted by molar-refractivity contribution is 6.26. The number of aryl methyl sites for hydroxylation is 4. The Morgan fingerprint density at radius 1 is 0.298 bits per heavy atom. The lowest BCUT2D eigenvalue weighted by atomic mass is 9.76. The van der Waals surface area contributed by atoms with E-state index in [9.17, 15) is 0 Å². The van der Waals surface area contributed by atoms with Crippen molar-refractivity contribution in [1.82, 2.24) is 0 Å². The molecular weight excluding hydrogens is 689 g/mol. The molecule has 57 heavy (non-hydrogen) atoms. The minimum Gasteiger partial charge on any atom is -0.456 e. The number of furan rings is 1. The highest BCUT2D eigenvalue weighted by Crippen LogP contribution is 2.52. The van der Waals surface area contributed by atoms with Crippen molar-refractivity contribution in [3.05, 3.63) is 178 Å². The average Bonchev–Trinajstić information content (AvgIpc) is 3.61. The van der Waals surface area contributed by atoms with Crippen molar-refractivity contribution in [3.63, 3.8) is 0 Å². The predicted octanol–water partition coefficient (Wildman–Crippen LogP) is 16.2. The Morgan fingerprint density at radius 3 is 1.25 bits per heavy atom. The molecule has 0 N–H and O–H groups in total. The highest BCUT2D eigenvalue weighted by Gasteiger charge is 2.27. The first-order valence-corrected chi connectivity index (χ1v) is 20.2. The molecule has 0 atom stereocenters. The molecule has 0 aliphatic rings. The highest BCUT2D eigenvalue weighted by atomic mass is 16.3. The van der Waals surface area contributed by atoms with Crippen LogP contribution < -0.4 is 0 Å². The van der Waals surface area contributed by atoms with Crippen molar-refractivity contribution < 1.29 is 4.42 Å². The molecule has 0 aliphatic carbocycles. The molecule has 0 aliphatic heterocycles. The van der Waals surface area contributed by atoms with Crippen LogP contribution in [0.2, 0.25) is 0 Å². The van der Waals surface area contributed by atoms with Gasteiger partial charge in [-0.05, 0) is 207 Å². The van der Waals surface area contributed by atoms with E-state index in [-0.39, 0.29) is 0 Å². The van der Waals surface area contributed by atoms with Crippen LogP contribution in [0.25, 0.3) is 98.8 Å². The van der Waals surface area contributed by atoms with E-state index >= 15 is 0 Å². The summed E-state index contributed by atoms with van der Waals surface area (Å²) in [6.45, 7) is 18.6. The average molecular weight is 735 g/mol. The summed E-state index contributed by atoms with van der Waals surface area (Å²) in [5, 5.41) is 10.1. The Labute approximate surface area is 335 Å². The van der Waals surface area contributed by atoms with Crippen molar-refractivity contribution in [2.24, 2.45) is 0 Å². The Hall–Kier alpha value is -6.44. The van der Waals surface area contributed by atoms with Crippen LogP contribution in [0, 0.1) is 55.4 Å². The molecule has 1 heterocycles. The molecule has 0 spiro atoms. The molecule has 0 saturated carbocycles. The topological polar surface area (TPSA) is 13.1 Å². The van der Waals surface area contributed by atoms with Crippen LogP contribution in [-0.4, -0.2) is 0 Å². The van der Waals surface area contributed by atoms with Crippen molar-refractivity contribution in [3.8, 4) is 44.5 Å². The summed E-state index contributed by atoms with van der Waals surface area (Å²) in [6.07, 6.45) is 0. The molecular formula is C56H46O. The number of fused-ring (bicyclic) bond motifs is 6. The normalized spacial score (nSPS) is 11.9. The monoisotopic (exact) mass is 734 g/mol. The van der Waals surface area contributed by atoms with Crippen molar-refractivity contribution in [2.45, 2.75) is 55.4 Å². The molecule has 0 bridgehead atoms. The molecule has 10 aromatic rings. The fraction of sp³-hybridized carbons (Fsp3) is 0.143. The van der Waals surface area contributed by atoms with Gasteiger partial charge in [0.25, 0.3) is 0 Å². The van der Waals surface area contributed by atoms with Crippen LogP contribution in [0.4, 0.5) is 0 Å². The maximum absolute atomic E-state index is 6.55. The van der Waals surface area contributed by atoms with E-state index in [0.717, 1.165) is 21.9 Å². The second-order valence-corrected chi connectivity index (χ2v) is 16.3. The standard InChI is InChI=1S/C56H46O/c1-31-33(3)37(7)53-51(35(31)5)55(43-23-25-45(39-17-11-9-12-18-39)46(28-43)40-19-13-10-14-20-40)52-36(6)32(2)34(4)38(8)54(52)56(53)44-24-26-49-47(29-44)48-27-41-21-15-16-22-42(41)30-50(48)57-49/h9-30H,1-8H3. The lowest BCUT2D eigenvalue weighted by Gasteiger charge is -2.27. The van der Waals surface area contributed by atoms with Crippen molar-refractivity contribution >= 4 is 54.3 Å². The van der Waals surface area contributed by atoms with Gasteiger partial charge >= 0.3 is 0 Å². The molecule has 0 radical (unpaired) electrons. The van der Waals surface area contributed by atoms with Crippen molar-refractivity contribution in [1.29, 1.82) is 0 Å². The zero-order valence-corrected chi connectivity index (χ0v) is 34.1. The largest absolute Gasteiger partial charge is 0.456 e. The van der Waals surface area contributed by atoms with Gasteiger partial charge in [0.2, 0.25) is 0 Å². The molecule has 1 nitrogen and oxygen atoms in total. The fourth-order valence-corrected chi connectivity index (χ4v) is 9.75. The summed E-state index contributed by atoms with van der Waals surface area (Å²) >= 11 is 0. The molecule has 10 rings (SSSR count). The maximum atomic E-state index is 6.55. The van der Waals surface area contributed by atoms with E-state index in [1.54, 1.807) is 0 Å². The Bertz CT molecular complexity index is 3210. The maximum Gasteiger partial charge on any atom is 0.136 e. The van der Waals surface area contributed by atoms with Gasteiger partial charge in [-0.2, -0.15) is 0 Å². The molecule has 9 aromatic carbocycles. The zero-order chi connectivity index (χ0) is 39.3. The van der Waals surface area contributed by atoms with Gasteiger partial charge in [-0.25, -0.2) is 0 Å². The minimum absolute atomic E-state index is 0.918. The lowest BCUT2D eigenvalue weighted by molar-refractivity contribution is 0.669. The van der Waals surface area contributed by atoms with Gasteiger partial charge in [0.1, 0.15) is 11.2 Å². The third-order valence-corrected chi connectivity index (χ3v) is 13.5. The number of rotatable bonds is 4. The molecule has 0 unspecified atom stereocenters. The Balaban J connectivity index is 1.38. The number of hydrogen-bond donors (Lipinski definition) is 0. The van der Waals surface area contributed by atoms with Gasteiger partial charge in [0.05, 0.1) is 0 Å². The van der Waals surface area contributed by atoms with Crippen LogP contribution in [0.3, 0.4) is 0 Å². The second kappa shape index (κ2) is 13.1. The molecule has 0 amide bonds. The first-order chi connectivity index (χ1) is 27.6. The summed E-state index contributed by atoms with van der Waals surface area (Å²) in [6, 6.07) is 48.9. The van der Waals surface area contributed by atoms with E-state index in [4.69, 9.17) is 4.42 Å². The summed E-state index contributed by atoms with van der Waals surface area (Å²) in [4.78, 5) is 0. The van der Waals surface area contributed by atoms with Crippen LogP contribution in [-0.2, 0) is 0 Å². The summed E-state index contributed by atoms with van der Waals surface area (Å²) in [5.74, 6) is 0. The van der Waals surface area contributed by atoms with Gasteiger partial charge in [-0.3, -0.25) is 0 Å². The zero-order valence-electron chi connectivity index (χ0n) is 34.1. The molecule has 1 heteroatoms. The van der Waals surface area contributed by atoms with Gasteiger partial charge in [0.15, 0.2) is 0 Å². The van der Waals surface area contributed by atoms with E-state index < -0.39 is 0 Å². The molecule has 0 fully saturated rings. The van der Waals surface area contributed by atoms with Crippen LogP contribution >= 0.6 is 0 Å². The third-order valence-electron chi connectivity index (χ3n) is 13.5. The van der Waals surface area contributed by atoms with Gasteiger partial charge in [0, 0.05) is 10.8 Å². The molecule has 1 aromatic heterocycles. The summed E-state index contributed by atoms with van der Waals surface area (Å²) in [5.41, 5.74) is 22.7. The van der Waals surface area contributed by atoms with Crippen LogP contribution in [0.15, 0.2) is 138 Å². The number of hydrogen-bond acceptors (Lipinski definition) is 1. The van der Waals surface area contributed by atoms with E-state index in [1.165, 1.54) is 121 Å². The van der Waals surface area contributed by atoms with Gasteiger partial charge in [-0.15, -0.1) is 0 Å². The van der Waals surface area contributed by atoms with E-state index in [2.05, 4.69) is 189 Å². The van der Waals surface area contributed by atoms with Crippen molar-refractivity contribution in [2.75, 3.05) is 0 Å². The SMILES string of the molecule is Cc1c(C)c(C)c2c(-c3ccc4oc5cc6ccccc6cc5c4c3)c3c(C)c(C)c(C)c(C)c3c(-c3ccc(-c4ccccc4)c(-c4ccccc4)c3)c2c1C. The Kier molecular flexibility index (Phi) is 8.03. The third kappa shape index (κ3) is 5.22. The van der Waals surface area contributed by atoms with E-state index in [1.807, 2.05) is 0 Å². The first kappa shape index (κ1) is 35.0. The van der Waals surface area contributed by atoms with Crippen LogP contribution in [0.1, 0.15) is 44.5 Å². The summed E-state index contributed by atoms with van der Waals surface area (Å²) < 4.78 is 6.55. The number of benzene rings is 9. The molecule has 0 saturated heterocycles. The lowest BCUT2D eigenvalue weighted by Crippen LogP contribution is -2.04. The minimum atomic E-state index is 0.918. The molecule has 276 valence electrons. The van der Waals surface area contributed by atoms with E-state index in [0.29, 0.717) is 0 Å². The second-order valence-electron chi connectivity index (χ2n) is 16.3. The fourth-order valence-electron chi connectivity index (χ4n) is 9.75. The Morgan fingerprint density at radius 2 is 0.719 bits per heavy atom. The summed E-state index contributed by atoms with van der Waals surface area (Å²) in [7, 11) is 0.